The highest BCUT2D eigenvalue weighted by Gasteiger charge is 2.09. The number of aromatic nitrogens is 3. The van der Waals surface area contributed by atoms with Crippen LogP contribution >= 0.6 is 0 Å². The monoisotopic (exact) mass is 235 g/mol. The first-order chi connectivity index (χ1) is 8.79. The number of fused-ring (bicyclic) bond motifs is 1. The van der Waals surface area contributed by atoms with Crippen molar-refractivity contribution in [1.82, 2.24) is 14.5 Å². The van der Waals surface area contributed by atoms with Gasteiger partial charge in [0.25, 0.3) is 0 Å². The number of nitrogens with two attached hydrogens (primary N) is 1. The third-order valence-corrected chi connectivity index (χ3v) is 2.74. The van der Waals surface area contributed by atoms with Crippen molar-refractivity contribution in [2.75, 3.05) is 5.73 Å². The smallest absolute Gasteiger partial charge is 0.205 e. The van der Waals surface area contributed by atoms with E-state index < -0.39 is 0 Å². The summed E-state index contributed by atoms with van der Waals surface area (Å²) in [6.45, 7) is 0. The average molecular weight is 235 g/mol. The van der Waals surface area contributed by atoms with Crippen molar-refractivity contribution in [2.45, 2.75) is 0 Å². The van der Waals surface area contributed by atoms with Crippen LogP contribution in [0.5, 0.6) is 0 Å². The summed E-state index contributed by atoms with van der Waals surface area (Å²) >= 11 is 0. The number of rotatable bonds is 1. The molecule has 18 heavy (non-hydrogen) atoms. The van der Waals surface area contributed by atoms with Crippen LogP contribution in [0.15, 0.2) is 42.7 Å². The fourth-order valence-corrected chi connectivity index (χ4v) is 1.91. The molecule has 2 aromatic heterocycles. The van der Waals surface area contributed by atoms with E-state index in [1.807, 2.05) is 22.8 Å². The quantitative estimate of drug-likeness (QED) is 0.698. The first-order valence-electron chi connectivity index (χ1n) is 5.38. The summed E-state index contributed by atoms with van der Waals surface area (Å²) in [6.07, 6.45) is 3.37. The summed E-state index contributed by atoms with van der Waals surface area (Å²) in [5.74, 6) is 0.405. The Balaban J connectivity index is 2.24. The van der Waals surface area contributed by atoms with Crippen LogP contribution in [0.1, 0.15) is 5.56 Å². The summed E-state index contributed by atoms with van der Waals surface area (Å²) in [5, 5.41) is 8.78. The lowest BCUT2D eigenvalue weighted by molar-refractivity contribution is 1.11. The van der Waals surface area contributed by atoms with Gasteiger partial charge in [0.1, 0.15) is 5.52 Å². The molecule has 0 spiro atoms. The third-order valence-electron chi connectivity index (χ3n) is 2.74. The van der Waals surface area contributed by atoms with Gasteiger partial charge in [-0.3, -0.25) is 9.55 Å². The Hall–Kier alpha value is -2.87. The summed E-state index contributed by atoms with van der Waals surface area (Å²) in [7, 11) is 0. The van der Waals surface area contributed by atoms with Crippen molar-refractivity contribution >= 4 is 17.0 Å². The van der Waals surface area contributed by atoms with Crippen LogP contribution in [-0.4, -0.2) is 14.5 Å². The number of nitrogens with zero attached hydrogens (tertiary/aromatic N) is 4. The third kappa shape index (κ3) is 1.48. The number of anilines is 1. The maximum atomic E-state index is 8.78. The molecular weight excluding hydrogens is 226 g/mol. The highest BCUT2D eigenvalue weighted by Crippen LogP contribution is 2.22. The van der Waals surface area contributed by atoms with Gasteiger partial charge in [0.2, 0.25) is 5.95 Å². The van der Waals surface area contributed by atoms with Crippen molar-refractivity contribution < 1.29 is 0 Å². The van der Waals surface area contributed by atoms with Gasteiger partial charge < -0.3 is 5.73 Å². The highest BCUT2D eigenvalue weighted by molar-refractivity contribution is 5.79. The molecule has 0 saturated heterocycles. The number of nitrogen functional groups attached to an aromatic ring is 1. The average Bonchev–Trinajstić information content (AvgIpc) is 2.75. The fraction of sp³-hybridized carbons (Fsp3) is 0. The number of benzene rings is 1. The molecule has 5 heteroatoms. The predicted octanol–water partition coefficient (Wildman–Crippen LogP) is 1.87. The van der Waals surface area contributed by atoms with Crippen molar-refractivity contribution in [3.05, 3.63) is 48.3 Å². The number of pyridine rings is 1. The zero-order valence-electron chi connectivity index (χ0n) is 9.41. The standard InChI is InChI=1S/C13H9N5/c14-7-9-1-3-10(4-2-9)18-12-5-6-16-8-11(12)17-13(18)15/h1-6,8H,(H2,15,17). The molecule has 0 saturated carbocycles. The van der Waals surface area contributed by atoms with Gasteiger partial charge in [-0.2, -0.15) is 5.26 Å². The van der Waals surface area contributed by atoms with Gasteiger partial charge in [-0.25, -0.2) is 4.98 Å². The van der Waals surface area contributed by atoms with Crippen molar-refractivity contribution in [1.29, 1.82) is 5.26 Å². The van der Waals surface area contributed by atoms with Crippen LogP contribution < -0.4 is 5.73 Å². The van der Waals surface area contributed by atoms with Crippen molar-refractivity contribution in [3.63, 3.8) is 0 Å². The highest BCUT2D eigenvalue weighted by atomic mass is 15.2. The van der Waals surface area contributed by atoms with Crippen LogP contribution in [0.25, 0.3) is 16.7 Å². The maximum Gasteiger partial charge on any atom is 0.205 e. The molecule has 0 bridgehead atoms. The van der Waals surface area contributed by atoms with E-state index in [0.29, 0.717) is 11.5 Å². The van der Waals surface area contributed by atoms with Crippen LogP contribution in [0.2, 0.25) is 0 Å². The van der Waals surface area contributed by atoms with Crippen LogP contribution in [-0.2, 0) is 0 Å². The van der Waals surface area contributed by atoms with E-state index in [1.54, 1.807) is 24.5 Å². The van der Waals surface area contributed by atoms with Gasteiger partial charge in [0.05, 0.1) is 23.3 Å². The molecule has 2 N–H and O–H groups in total. The topological polar surface area (TPSA) is 80.5 Å². The normalized spacial score (nSPS) is 10.4. The van der Waals surface area contributed by atoms with Gasteiger partial charge in [-0.15, -0.1) is 0 Å². The minimum absolute atomic E-state index is 0.405. The Labute approximate surface area is 103 Å². The Kier molecular flexibility index (Phi) is 2.21. The number of hydrogen-bond acceptors (Lipinski definition) is 4. The molecular formula is C13H9N5. The molecule has 0 atom stereocenters. The second-order valence-corrected chi connectivity index (χ2v) is 3.83. The zero-order chi connectivity index (χ0) is 12.5. The van der Waals surface area contributed by atoms with E-state index in [1.165, 1.54) is 0 Å². The molecule has 5 nitrogen and oxygen atoms in total. The number of nitriles is 1. The number of imidazole rings is 1. The molecule has 1 aromatic carbocycles. The summed E-state index contributed by atoms with van der Waals surface area (Å²) in [5.41, 5.74) is 9.05. The lowest BCUT2D eigenvalue weighted by Crippen LogP contribution is -2.00. The molecule has 86 valence electrons. The Morgan fingerprint density at radius 3 is 2.67 bits per heavy atom. The number of hydrogen-bond donors (Lipinski definition) is 1. The first kappa shape index (κ1) is 10.3. The molecule has 0 aliphatic rings. The predicted molar refractivity (Wildman–Crippen MR) is 68.0 cm³/mol. The first-order valence-corrected chi connectivity index (χ1v) is 5.38. The van der Waals surface area contributed by atoms with Gasteiger partial charge in [-0.1, -0.05) is 0 Å². The summed E-state index contributed by atoms with van der Waals surface area (Å²) < 4.78 is 1.83. The maximum absolute atomic E-state index is 8.78. The molecule has 0 aliphatic carbocycles. The Morgan fingerprint density at radius 1 is 1.17 bits per heavy atom. The van der Waals surface area contributed by atoms with E-state index in [4.69, 9.17) is 11.0 Å². The minimum Gasteiger partial charge on any atom is -0.369 e. The molecule has 3 rings (SSSR count). The second-order valence-electron chi connectivity index (χ2n) is 3.83. The van der Waals surface area contributed by atoms with Crippen LogP contribution in [0, 0.1) is 11.3 Å². The van der Waals surface area contributed by atoms with Crippen molar-refractivity contribution in [2.24, 2.45) is 0 Å². The molecule has 0 aliphatic heterocycles. The summed E-state index contributed by atoms with van der Waals surface area (Å²) in [4.78, 5) is 8.26. The fourth-order valence-electron chi connectivity index (χ4n) is 1.91. The van der Waals surface area contributed by atoms with Gasteiger partial charge >= 0.3 is 0 Å². The largest absolute Gasteiger partial charge is 0.369 e. The van der Waals surface area contributed by atoms with E-state index in [2.05, 4.69) is 16.0 Å². The van der Waals surface area contributed by atoms with Crippen LogP contribution in [0.4, 0.5) is 5.95 Å². The Morgan fingerprint density at radius 2 is 1.94 bits per heavy atom. The van der Waals surface area contributed by atoms with E-state index in [-0.39, 0.29) is 0 Å². The lowest BCUT2D eigenvalue weighted by atomic mass is 10.2. The van der Waals surface area contributed by atoms with E-state index in [9.17, 15) is 0 Å². The molecule has 2 heterocycles. The van der Waals surface area contributed by atoms with Gasteiger partial charge in [0, 0.05) is 11.9 Å². The lowest BCUT2D eigenvalue weighted by Gasteiger charge is -2.05. The summed E-state index contributed by atoms with van der Waals surface area (Å²) in [6, 6.07) is 11.1. The van der Waals surface area contributed by atoms with E-state index in [0.717, 1.165) is 16.7 Å². The van der Waals surface area contributed by atoms with Gasteiger partial charge in [0.15, 0.2) is 0 Å². The van der Waals surface area contributed by atoms with E-state index >= 15 is 0 Å². The zero-order valence-corrected chi connectivity index (χ0v) is 9.41. The molecule has 0 unspecified atom stereocenters. The Bertz CT molecular complexity index is 749. The SMILES string of the molecule is N#Cc1ccc(-n2c(N)nc3cnccc32)cc1. The van der Waals surface area contributed by atoms with Crippen molar-refractivity contribution in [3.8, 4) is 11.8 Å². The molecule has 0 radical (unpaired) electrons. The molecule has 0 amide bonds. The van der Waals surface area contributed by atoms with Gasteiger partial charge in [-0.05, 0) is 30.3 Å². The minimum atomic E-state index is 0.405. The molecule has 0 fully saturated rings. The van der Waals surface area contributed by atoms with Crippen LogP contribution in [0.3, 0.4) is 0 Å². The molecule has 3 aromatic rings. The second kappa shape index (κ2) is 3.86.